The second-order valence-electron chi connectivity index (χ2n) is 7.54. The summed E-state index contributed by atoms with van der Waals surface area (Å²) in [4.78, 5) is 39.1. The molecule has 0 saturated carbocycles. The quantitative estimate of drug-likeness (QED) is 0.654. The van der Waals surface area contributed by atoms with E-state index in [1.54, 1.807) is 17.0 Å². The topological polar surface area (TPSA) is 84.3 Å². The molecule has 3 aromatic rings. The third kappa shape index (κ3) is 5.18. The maximum atomic E-state index is 12.7. The highest BCUT2D eigenvalue weighted by Crippen LogP contribution is 2.22. The van der Waals surface area contributed by atoms with Crippen LogP contribution in [0.25, 0.3) is 5.57 Å². The molecule has 0 saturated heterocycles. The van der Waals surface area contributed by atoms with Gasteiger partial charge in [-0.2, -0.15) is 5.10 Å². The molecular weight excluding hydrogens is 404 g/mol. The van der Waals surface area contributed by atoms with Gasteiger partial charge in [0.05, 0.1) is 6.54 Å². The lowest BCUT2D eigenvalue weighted by atomic mass is 9.99. The number of amides is 2. The third-order valence-electron chi connectivity index (χ3n) is 5.37. The van der Waals surface area contributed by atoms with Crippen molar-refractivity contribution in [2.45, 2.75) is 19.4 Å². The van der Waals surface area contributed by atoms with Crippen LogP contribution >= 0.6 is 0 Å². The molecule has 7 heteroatoms. The molecule has 0 spiro atoms. The Balaban J connectivity index is 1.36. The van der Waals surface area contributed by atoms with Crippen LogP contribution in [-0.2, 0) is 11.3 Å². The highest BCUT2D eigenvalue weighted by molar-refractivity contribution is 6.02. The summed E-state index contributed by atoms with van der Waals surface area (Å²) in [7, 11) is 0. The number of benzene rings is 2. The first-order valence-electron chi connectivity index (χ1n) is 10.6. The fraction of sp³-hybridized carbons (Fsp3) is 0.200. The van der Waals surface area contributed by atoms with Crippen molar-refractivity contribution in [2.75, 3.05) is 18.4 Å². The minimum absolute atomic E-state index is 0.0406. The summed E-state index contributed by atoms with van der Waals surface area (Å²) in [5.41, 5.74) is 2.83. The van der Waals surface area contributed by atoms with Gasteiger partial charge in [0.15, 0.2) is 0 Å². The Labute approximate surface area is 186 Å². The van der Waals surface area contributed by atoms with E-state index >= 15 is 0 Å². The van der Waals surface area contributed by atoms with Crippen LogP contribution in [0.2, 0.25) is 0 Å². The number of carbonyl (C=O) groups is 2. The Bertz CT molecular complexity index is 1190. The molecule has 0 aliphatic carbocycles. The fourth-order valence-electron chi connectivity index (χ4n) is 3.62. The average molecular weight is 428 g/mol. The first-order valence-corrected chi connectivity index (χ1v) is 10.6. The zero-order valence-electron chi connectivity index (χ0n) is 17.6. The molecule has 0 unspecified atom stereocenters. The number of anilines is 1. The van der Waals surface area contributed by atoms with Gasteiger partial charge in [-0.15, -0.1) is 0 Å². The molecule has 0 atom stereocenters. The van der Waals surface area contributed by atoms with E-state index in [1.165, 1.54) is 28.0 Å². The van der Waals surface area contributed by atoms with Crippen molar-refractivity contribution in [3.8, 4) is 0 Å². The number of aromatic nitrogens is 2. The Morgan fingerprint density at radius 3 is 2.34 bits per heavy atom. The summed E-state index contributed by atoms with van der Waals surface area (Å²) in [6.07, 6.45) is 3.02. The largest absolute Gasteiger partial charge is 0.339 e. The predicted octanol–water partition coefficient (Wildman–Crippen LogP) is 3.20. The van der Waals surface area contributed by atoms with Crippen LogP contribution < -0.4 is 10.9 Å². The van der Waals surface area contributed by atoms with E-state index in [9.17, 15) is 14.4 Å². The van der Waals surface area contributed by atoms with Gasteiger partial charge in [0, 0.05) is 31.3 Å². The molecular formula is C25H24N4O3. The summed E-state index contributed by atoms with van der Waals surface area (Å²) >= 11 is 0. The van der Waals surface area contributed by atoms with E-state index in [4.69, 9.17) is 0 Å². The van der Waals surface area contributed by atoms with Gasteiger partial charge in [-0.1, -0.05) is 54.6 Å². The molecule has 32 heavy (non-hydrogen) atoms. The molecule has 1 aromatic heterocycles. The molecule has 4 rings (SSSR count). The smallest absolute Gasteiger partial charge is 0.276 e. The maximum absolute atomic E-state index is 12.7. The van der Waals surface area contributed by atoms with E-state index in [-0.39, 0.29) is 30.1 Å². The fourth-order valence-corrected chi connectivity index (χ4v) is 3.62. The monoisotopic (exact) mass is 428 g/mol. The third-order valence-corrected chi connectivity index (χ3v) is 5.37. The number of nitrogens with zero attached hydrogens (tertiary/aromatic N) is 3. The molecule has 0 radical (unpaired) electrons. The molecule has 2 amide bonds. The van der Waals surface area contributed by atoms with Gasteiger partial charge in [-0.05, 0) is 35.8 Å². The number of para-hydroxylation sites is 1. The Kier molecular flexibility index (Phi) is 6.55. The Hall–Kier alpha value is -4.00. The van der Waals surface area contributed by atoms with Crippen molar-refractivity contribution in [3.05, 3.63) is 100 Å². The van der Waals surface area contributed by atoms with Crippen molar-refractivity contribution in [3.63, 3.8) is 0 Å². The summed E-state index contributed by atoms with van der Waals surface area (Å²) in [6, 6.07) is 21.8. The first-order chi connectivity index (χ1) is 15.6. The van der Waals surface area contributed by atoms with E-state index in [0.717, 1.165) is 6.42 Å². The van der Waals surface area contributed by atoms with Crippen molar-refractivity contribution in [1.29, 1.82) is 0 Å². The lowest BCUT2D eigenvalue weighted by Gasteiger charge is -2.26. The Morgan fingerprint density at radius 2 is 1.66 bits per heavy atom. The molecule has 1 aliphatic heterocycles. The molecule has 2 aromatic carbocycles. The van der Waals surface area contributed by atoms with Gasteiger partial charge >= 0.3 is 0 Å². The molecule has 2 heterocycles. The van der Waals surface area contributed by atoms with Gasteiger partial charge in [-0.3, -0.25) is 14.4 Å². The summed E-state index contributed by atoms with van der Waals surface area (Å²) in [5, 5.41) is 6.89. The van der Waals surface area contributed by atoms with E-state index in [2.05, 4.69) is 28.6 Å². The lowest BCUT2D eigenvalue weighted by Crippen LogP contribution is -2.36. The zero-order valence-corrected chi connectivity index (χ0v) is 17.6. The van der Waals surface area contributed by atoms with Crippen LogP contribution in [0.4, 0.5) is 5.69 Å². The second kappa shape index (κ2) is 9.87. The number of nitrogens with one attached hydrogen (secondary N) is 1. The molecule has 162 valence electrons. The second-order valence-corrected chi connectivity index (χ2v) is 7.54. The molecule has 7 nitrogen and oxygen atoms in total. The van der Waals surface area contributed by atoms with Crippen LogP contribution in [0.5, 0.6) is 0 Å². The standard InChI is InChI=1S/C25H24N4O3/c30-23(28-16-13-20(14-17-28)19-7-3-1-4-8-19)15-18-29-24(31)12-11-22(27-29)25(32)26-21-9-5-2-6-10-21/h1-13H,14-18H2,(H,26,32). The molecule has 1 aliphatic rings. The van der Waals surface area contributed by atoms with E-state index in [0.29, 0.717) is 18.8 Å². The van der Waals surface area contributed by atoms with Gasteiger partial charge in [0.2, 0.25) is 5.91 Å². The maximum Gasteiger partial charge on any atom is 0.276 e. The van der Waals surface area contributed by atoms with Gasteiger partial charge < -0.3 is 10.2 Å². The number of hydrogen-bond acceptors (Lipinski definition) is 4. The summed E-state index contributed by atoms with van der Waals surface area (Å²) < 4.78 is 1.17. The summed E-state index contributed by atoms with van der Waals surface area (Å²) in [5.74, 6) is -0.452. The van der Waals surface area contributed by atoms with Gasteiger partial charge in [0.25, 0.3) is 11.5 Å². The van der Waals surface area contributed by atoms with Gasteiger partial charge in [-0.25, -0.2) is 4.68 Å². The van der Waals surface area contributed by atoms with Crippen molar-refractivity contribution >= 4 is 23.1 Å². The van der Waals surface area contributed by atoms with Crippen LogP contribution in [0.3, 0.4) is 0 Å². The van der Waals surface area contributed by atoms with E-state index in [1.807, 2.05) is 36.4 Å². The minimum Gasteiger partial charge on any atom is -0.339 e. The molecule has 0 bridgehead atoms. The highest BCUT2D eigenvalue weighted by Gasteiger charge is 2.18. The number of aryl methyl sites for hydroxylation is 1. The summed E-state index contributed by atoms with van der Waals surface area (Å²) in [6.45, 7) is 1.31. The van der Waals surface area contributed by atoms with Crippen molar-refractivity contribution < 1.29 is 9.59 Å². The predicted molar refractivity (Wildman–Crippen MR) is 123 cm³/mol. The van der Waals surface area contributed by atoms with Crippen molar-refractivity contribution in [2.24, 2.45) is 0 Å². The van der Waals surface area contributed by atoms with E-state index < -0.39 is 5.91 Å². The molecule has 1 N–H and O–H groups in total. The Morgan fingerprint density at radius 1 is 0.938 bits per heavy atom. The van der Waals surface area contributed by atoms with Crippen LogP contribution in [0.15, 0.2) is 83.7 Å². The number of hydrogen-bond donors (Lipinski definition) is 1. The first kappa shape index (κ1) is 21.2. The van der Waals surface area contributed by atoms with Crippen LogP contribution in [0, 0.1) is 0 Å². The van der Waals surface area contributed by atoms with Crippen LogP contribution in [0.1, 0.15) is 28.9 Å². The number of rotatable bonds is 6. The highest BCUT2D eigenvalue weighted by atomic mass is 16.2. The average Bonchev–Trinajstić information content (AvgIpc) is 2.84. The van der Waals surface area contributed by atoms with Crippen LogP contribution in [-0.4, -0.2) is 39.6 Å². The minimum atomic E-state index is -0.411. The zero-order chi connectivity index (χ0) is 22.3. The normalized spacial score (nSPS) is 13.4. The SMILES string of the molecule is O=C(Nc1ccccc1)c1ccc(=O)n(CCC(=O)N2CC=C(c3ccccc3)CC2)n1. The lowest BCUT2D eigenvalue weighted by molar-refractivity contribution is -0.131. The van der Waals surface area contributed by atoms with Gasteiger partial charge in [0.1, 0.15) is 5.69 Å². The molecule has 0 fully saturated rings. The number of carbonyl (C=O) groups excluding carboxylic acids is 2. The van der Waals surface area contributed by atoms with Crippen molar-refractivity contribution in [1.82, 2.24) is 14.7 Å².